The number of rotatable bonds is 2. The summed E-state index contributed by atoms with van der Waals surface area (Å²) in [5.41, 5.74) is 0.328. The summed E-state index contributed by atoms with van der Waals surface area (Å²) in [7, 11) is 0. The third-order valence-electron chi connectivity index (χ3n) is 2.82. The normalized spacial score (nSPS) is 12.2. The minimum atomic E-state index is -0.715. The molecule has 0 fully saturated rings. The van der Waals surface area contributed by atoms with Gasteiger partial charge in [0.25, 0.3) is 5.56 Å². The van der Waals surface area contributed by atoms with Crippen LogP contribution >= 0.6 is 0 Å². The first-order chi connectivity index (χ1) is 9.74. The second-order valence-electron chi connectivity index (χ2n) is 4.15. The number of carbonyl (C=O) groups is 1. The van der Waals surface area contributed by atoms with Crippen LogP contribution in [0.2, 0.25) is 0 Å². The van der Waals surface area contributed by atoms with Gasteiger partial charge in [-0.2, -0.15) is 0 Å². The molecule has 1 aromatic heterocycles. The fourth-order valence-corrected chi connectivity index (χ4v) is 1.82. The topological polar surface area (TPSA) is 66.8 Å². The summed E-state index contributed by atoms with van der Waals surface area (Å²) < 4.78 is 16.4. The number of hydrogen-bond donors (Lipinski definition) is 0. The molecule has 1 aliphatic rings. The van der Waals surface area contributed by atoms with Gasteiger partial charge in [-0.25, -0.2) is 9.36 Å². The van der Waals surface area contributed by atoms with E-state index in [0.717, 1.165) is 10.1 Å². The molecule has 0 atom stereocenters. The molecule has 0 spiro atoms. The van der Waals surface area contributed by atoms with Crippen molar-refractivity contribution in [1.82, 2.24) is 4.57 Å². The highest BCUT2D eigenvalue weighted by Gasteiger charge is 2.14. The SMILES string of the molecule is O=C(OCc1ccc2c(c1)OCO2)n1ccccc1=O. The summed E-state index contributed by atoms with van der Waals surface area (Å²) in [6.45, 7) is 0.245. The number of pyridine rings is 1. The first kappa shape index (κ1) is 12.3. The van der Waals surface area contributed by atoms with Gasteiger partial charge in [0.15, 0.2) is 11.5 Å². The maximum atomic E-state index is 11.8. The van der Waals surface area contributed by atoms with Gasteiger partial charge in [0.1, 0.15) is 6.61 Å². The molecule has 0 unspecified atom stereocenters. The van der Waals surface area contributed by atoms with Crippen molar-refractivity contribution in [3.8, 4) is 11.5 Å². The monoisotopic (exact) mass is 273 g/mol. The van der Waals surface area contributed by atoms with Gasteiger partial charge < -0.3 is 14.2 Å². The van der Waals surface area contributed by atoms with E-state index in [2.05, 4.69) is 0 Å². The fourth-order valence-electron chi connectivity index (χ4n) is 1.82. The fraction of sp³-hybridized carbons (Fsp3) is 0.143. The molecule has 0 radical (unpaired) electrons. The molecule has 1 aromatic carbocycles. The molecular formula is C14H11NO5. The van der Waals surface area contributed by atoms with Crippen molar-refractivity contribution in [3.05, 3.63) is 58.5 Å². The lowest BCUT2D eigenvalue weighted by molar-refractivity contribution is 0.140. The molecule has 20 heavy (non-hydrogen) atoms. The first-order valence-corrected chi connectivity index (χ1v) is 5.97. The molecular weight excluding hydrogens is 262 g/mol. The number of carbonyl (C=O) groups excluding carboxylic acids is 1. The van der Waals surface area contributed by atoms with Gasteiger partial charge in [0, 0.05) is 12.3 Å². The number of benzene rings is 1. The van der Waals surface area contributed by atoms with Crippen LogP contribution in [0.1, 0.15) is 5.56 Å². The minimum absolute atomic E-state index is 0.0524. The second kappa shape index (κ2) is 5.08. The standard InChI is InChI=1S/C14H11NO5/c16-13-3-1-2-6-15(13)14(17)18-8-10-4-5-11-12(7-10)20-9-19-11/h1-7H,8-9H2. The molecule has 0 aliphatic carbocycles. The van der Waals surface area contributed by atoms with E-state index in [4.69, 9.17) is 14.2 Å². The molecule has 0 N–H and O–H groups in total. The second-order valence-corrected chi connectivity index (χ2v) is 4.15. The number of aromatic nitrogens is 1. The van der Waals surface area contributed by atoms with E-state index in [9.17, 15) is 9.59 Å². The highest BCUT2D eigenvalue weighted by atomic mass is 16.7. The Hall–Kier alpha value is -2.76. The minimum Gasteiger partial charge on any atom is -0.454 e. The average Bonchev–Trinajstić information content (AvgIpc) is 2.92. The Kier molecular flexibility index (Phi) is 3.12. The number of hydrogen-bond acceptors (Lipinski definition) is 5. The van der Waals surface area contributed by atoms with Gasteiger partial charge in [-0.3, -0.25) is 4.79 Å². The lowest BCUT2D eigenvalue weighted by Gasteiger charge is -2.06. The summed E-state index contributed by atoms with van der Waals surface area (Å²) in [5.74, 6) is 1.29. The van der Waals surface area contributed by atoms with Crippen LogP contribution in [0.3, 0.4) is 0 Å². The van der Waals surface area contributed by atoms with Crippen LogP contribution in [0.5, 0.6) is 11.5 Å². The molecule has 6 heteroatoms. The smallest absolute Gasteiger partial charge is 0.421 e. The Bertz CT molecular complexity index is 707. The third kappa shape index (κ3) is 2.35. The quantitative estimate of drug-likeness (QED) is 0.834. The van der Waals surface area contributed by atoms with Gasteiger partial charge >= 0.3 is 6.09 Å². The summed E-state index contributed by atoms with van der Waals surface area (Å²) in [5, 5.41) is 0. The molecule has 0 saturated heterocycles. The molecule has 0 bridgehead atoms. The van der Waals surface area contributed by atoms with Crippen molar-refractivity contribution in [2.75, 3.05) is 6.79 Å². The van der Waals surface area contributed by atoms with E-state index in [-0.39, 0.29) is 13.4 Å². The van der Waals surface area contributed by atoms with E-state index in [1.54, 1.807) is 30.3 Å². The van der Waals surface area contributed by atoms with Crippen molar-refractivity contribution < 1.29 is 19.0 Å². The van der Waals surface area contributed by atoms with E-state index in [1.807, 2.05) is 0 Å². The van der Waals surface area contributed by atoms with Gasteiger partial charge in [0.2, 0.25) is 6.79 Å². The first-order valence-electron chi connectivity index (χ1n) is 5.97. The molecule has 6 nitrogen and oxygen atoms in total. The Morgan fingerprint density at radius 1 is 1.20 bits per heavy atom. The van der Waals surface area contributed by atoms with Crippen LogP contribution in [0.15, 0.2) is 47.4 Å². The zero-order chi connectivity index (χ0) is 13.9. The van der Waals surface area contributed by atoms with Gasteiger partial charge in [0.05, 0.1) is 0 Å². The molecule has 2 heterocycles. The van der Waals surface area contributed by atoms with E-state index in [0.29, 0.717) is 11.5 Å². The van der Waals surface area contributed by atoms with Gasteiger partial charge in [-0.1, -0.05) is 12.1 Å². The number of ether oxygens (including phenoxy) is 3. The lowest BCUT2D eigenvalue weighted by atomic mass is 10.2. The Morgan fingerprint density at radius 2 is 2.05 bits per heavy atom. The maximum absolute atomic E-state index is 11.8. The largest absolute Gasteiger partial charge is 0.454 e. The highest BCUT2D eigenvalue weighted by Crippen LogP contribution is 2.32. The predicted molar refractivity (Wildman–Crippen MR) is 68.9 cm³/mol. The molecule has 0 saturated carbocycles. The van der Waals surface area contributed by atoms with Crippen LogP contribution in [-0.4, -0.2) is 17.5 Å². The zero-order valence-electron chi connectivity index (χ0n) is 10.4. The Labute approximate surface area is 114 Å². The van der Waals surface area contributed by atoms with Crippen LogP contribution in [0.4, 0.5) is 4.79 Å². The van der Waals surface area contributed by atoms with Crippen molar-refractivity contribution in [2.24, 2.45) is 0 Å². The third-order valence-corrected chi connectivity index (χ3v) is 2.82. The Balaban J connectivity index is 1.69. The summed E-state index contributed by atoms with van der Waals surface area (Å²) in [6, 6.07) is 9.70. The average molecular weight is 273 g/mol. The summed E-state index contributed by atoms with van der Waals surface area (Å²) in [6.07, 6.45) is 0.651. The highest BCUT2D eigenvalue weighted by molar-refractivity contribution is 5.70. The maximum Gasteiger partial charge on any atom is 0.421 e. The van der Waals surface area contributed by atoms with Crippen molar-refractivity contribution >= 4 is 6.09 Å². The summed E-state index contributed by atoms with van der Waals surface area (Å²) in [4.78, 5) is 23.2. The number of nitrogens with zero attached hydrogens (tertiary/aromatic N) is 1. The zero-order valence-corrected chi connectivity index (χ0v) is 10.4. The molecule has 2 aromatic rings. The van der Waals surface area contributed by atoms with Gasteiger partial charge in [-0.05, 0) is 23.8 Å². The van der Waals surface area contributed by atoms with Crippen molar-refractivity contribution in [1.29, 1.82) is 0 Å². The van der Waals surface area contributed by atoms with Gasteiger partial charge in [-0.15, -0.1) is 0 Å². The molecule has 0 amide bonds. The molecule has 1 aliphatic heterocycles. The van der Waals surface area contributed by atoms with Crippen molar-refractivity contribution in [2.45, 2.75) is 6.61 Å². The van der Waals surface area contributed by atoms with Crippen molar-refractivity contribution in [3.63, 3.8) is 0 Å². The van der Waals surface area contributed by atoms with E-state index < -0.39 is 11.7 Å². The predicted octanol–water partition coefficient (Wildman–Crippen LogP) is 1.76. The van der Waals surface area contributed by atoms with Crippen LogP contribution in [-0.2, 0) is 11.3 Å². The lowest BCUT2D eigenvalue weighted by Crippen LogP contribution is -2.26. The molecule has 3 rings (SSSR count). The van der Waals surface area contributed by atoms with E-state index >= 15 is 0 Å². The summed E-state index contributed by atoms with van der Waals surface area (Å²) >= 11 is 0. The van der Waals surface area contributed by atoms with Crippen LogP contribution in [0, 0.1) is 0 Å². The number of fused-ring (bicyclic) bond motifs is 1. The van der Waals surface area contributed by atoms with Crippen LogP contribution in [0.25, 0.3) is 0 Å². The van der Waals surface area contributed by atoms with Crippen LogP contribution < -0.4 is 15.0 Å². The van der Waals surface area contributed by atoms with E-state index in [1.165, 1.54) is 12.3 Å². The Morgan fingerprint density at radius 3 is 2.90 bits per heavy atom. The molecule has 102 valence electrons.